The zero-order chi connectivity index (χ0) is 65.5. The summed E-state index contributed by atoms with van der Waals surface area (Å²) in [6.07, 6.45) is 15.1. The molecule has 21 nitrogen and oxygen atoms in total. The molecule has 4 saturated heterocycles. The van der Waals surface area contributed by atoms with Gasteiger partial charge in [0.25, 0.3) is 0 Å². The third kappa shape index (κ3) is 25.6. The molecule has 5 amide bonds. The van der Waals surface area contributed by atoms with Gasteiger partial charge >= 0.3 is 18.2 Å². The van der Waals surface area contributed by atoms with Crippen LogP contribution in [0.15, 0.2) is 48.5 Å². The molecule has 4 aliphatic carbocycles. The van der Waals surface area contributed by atoms with E-state index in [-0.39, 0.29) is 83.2 Å². The van der Waals surface area contributed by atoms with Gasteiger partial charge < -0.3 is 70.3 Å². The Kier molecular flexibility index (Phi) is 29.2. The highest BCUT2D eigenvalue weighted by molar-refractivity contribution is 9.09. The summed E-state index contributed by atoms with van der Waals surface area (Å²) in [5.41, 5.74) is 2.87. The van der Waals surface area contributed by atoms with Crippen molar-refractivity contribution in [3.63, 3.8) is 0 Å². The van der Waals surface area contributed by atoms with Crippen LogP contribution in [0.1, 0.15) is 172 Å². The van der Waals surface area contributed by atoms with Crippen molar-refractivity contribution in [3.8, 4) is 23.0 Å². The topological polar surface area (TPSA) is 262 Å². The second-order valence-corrected chi connectivity index (χ2v) is 29.9. The number of piperidine rings is 4. The summed E-state index contributed by atoms with van der Waals surface area (Å²) in [5, 5.41) is 22.5. The van der Waals surface area contributed by atoms with Gasteiger partial charge in [0.05, 0.1) is 5.41 Å². The Morgan fingerprint density at radius 3 is 1.21 bits per heavy atom. The minimum Gasteiger partial charge on any atom is -0.486 e. The van der Waals surface area contributed by atoms with Gasteiger partial charge in [-0.2, -0.15) is 0 Å². The molecule has 0 bridgehead atoms. The number of halogens is 3. The highest BCUT2D eigenvalue weighted by Crippen LogP contribution is 2.38. The number of aliphatic carboxylic acids is 1. The SMILES string of the molecule is BrCC1COc2ccccc2O1.CC(C)(C)OC(=O)N1CCC(C)(C(=O)NC2CC2)CC1.CC(C)(C)OC(=O)N1CCC(C)(C(=O)O)CC1.CC1(C(=O)NC2CC2)CCN(CC2COc3ccccc3O2)CC1.CC1(C(=O)NC2CC2)CCNCC1.Cl.Cl.NC1CC1. The van der Waals surface area contributed by atoms with E-state index in [2.05, 4.69) is 55.9 Å². The summed E-state index contributed by atoms with van der Waals surface area (Å²) in [7, 11) is 0. The van der Waals surface area contributed by atoms with Gasteiger partial charge in [0, 0.05) is 78.5 Å². The molecule has 2 aromatic carbocycles. The van der Waals surface area contributed by atoms with Gasteiger partial charge in [0.15, 0.2) is 23.0 Å². The summed E-state index contributed by atoms with van der Waals surface area (Å²) in [5.74, 6) is 3.22. The molecule has 0 aromatic heterocycles. The van der Waals surface area contributed by atoms with Crippen molar-refractivity contribution < 1.29 is 62.3 Å². The molecule has 10 aliphatic rings. The minimum absolute atomic E-state index is 0. The fourth-order valence-corrected chi connectivity index (χ4v) is 10.9. The monoisotopic (exact) mass is 1390 g/mol. The van der Waals surface area contributed by atoms with Crippen molar-refractivity contribution in [3.05, 3.63) is 48.5 Å². The predicted molar refractivity (Wildman–Crippen MR) is 364 cm³/mol. The van der Waals surface area contributed by atoms with Gasteiger partial charge in [-0.25, -0.2) is 9.59 Å². The van der Waals surface area contributed by atoms with Crippen LogP contribution in [0.5, 0.6) is 23.0 Å². The third-order valence-electron chi connectivity index (χ3n) is 18.0. The average Bonchev–Trinajstić information content (AvgIpc) is 2.05. The molecular formula is C68H109BrCl2N8O13. The normalized spacial score (nSPS) is 22.9. The molecule has 520 valence electrons. The molecule has 2 atom stereocenters. The van der Waals surface area contributed by atoms with Crippen LogP contribution in [-0.2, 0) is 28.7 Å². The number of nitrogens with zero attached hydrogens (tertiary/aromatic N) is 3. The number of para-hydroxylation sites is 4. The standard InChI is InChI=1S/C19H26N2O3.C15H26N2O3.C12H21NO4.C10H18N2O.C9H9BrO2.C3H7N.2ClH/c1-19(18(22)20-14-6-7-14)8-10-21(11-9-19)12-15-13-23-16-4-2-3-5-17(16)24-15;1-14(2,3)20-13(19)17-9-7-15(4,8-10-17)12(18)16-11-5-6-11;1-11(2,3)17-10(16)13-7-5-12(4,6-8-13)9(14)15;1-10(4-6-11-7-5-10)9(13)12-8-2-3-8;10-5-7-6-11-8-3-1-2-4-9(8)12-7;4-3-1-2-3;;/h2-5,14-15H,6-13H2,1H3,(H,20,22);11H,5-10H2,1-4H3,(H,16,18);5-8H2,1-4H3,(H,14,15);8,11H,2-7H2,1H3,(H,12,13);1-4,7H,5-6H2;3H,1-2,4H2;2*1H. The second kappa shape index (κ2) is 34.6. The maximum absolute atomic E-state index is 12.4. The number of fused-ring (bicyclic) bond motifs is 2. The number of carboxylic acid groups (broad SMARTS) is 1. The van der Waals surface area contributed by atoms with E-state index >= 15 is 0 Å². The van der Waals surface area contributed by atoms with Crippen molar-refractivity contribution >= 4 is 76.6 Å². The van der Waals surface area contributed by atoms with E-state index in [0.717, 1.165) is 112 Å². The Morgan fingerprint density at radius 1 is 0.543 bits per heavy atom. The molecule has 12 rings (SSSR count). The zero-order valence-electron chi connectivity index (χ0n) is 56.3. The molecule has 4 saturated carbocycles. The smallest absolute Gasteiger partial charge is 0.410 e. The van der Waals surface area contributed by atoms with E-state index in [0.29, 0.717) is 89.2 Å². The Bertz CT molecular complexity index is 2690. The Labute approximate surface area is 567 Å². The van der Waals surface area contributed by atoms with Crippen LogP contribution >= 0.6 is 40.7 Å². The highest BCUT2D eigenvalue weighted by atomic mass is 79.9. The number of hydrogen-bond donors (Lipinski definition) is 6. The summed E-state index contributed by atoms with van der Waals surface area (Å²) in [4.78, 5) is 77.0. The lowest BCUT2D eigenvalue weighted by Crippen LogP contribution is -2.50. The van der Waals surface area contributed by atoms with Crippen molar-refractivity contribution in [2.45, 2.75) is 220 Å². The number of carbonyl (C=O) groups excluding carboxylic acids is 5. The molecule has 0 spiro atoms. The molecule has 7 N–H and O–H groups in total. The fraction of sp³-hybridized carbons (Fsp3) is 0.735. The quantitative estimate of drug-likeness (QED) is 0.121. The minimum atomic E-state index is -0.790. The number of nitrogens with two attached hydrogens (primary N) is 1. The largest absolute Gasteiger partial charge is 0.486 e. The first-order valence-corrected chi connectivity index (χ1v) is 34.2. The maximum atomic E-state index is 12.4. The van der Waals surface area contributed by atoms with Gasteiger partial charge in [-0.1, -0.05) is 61.0 Å². The number of amides is 5. The number of rotatable bonds is 10. The summed E-state index contributed by atoms with van der Waals surface area (Å²) >= 11 is 3.36. The van der Waals surface area contributed by atoms with Gasteiger partial charge in [-0.3, -0.25) is 24.1 Å². The first kappa shape index (κ1) is 77.7. The van der Waals surface area contributed by atoms with Crippen LogP contribution in [-0.4, -0.2) is 181 Å². The van der Waals surface area contributed by atoms with Crippen LogP contribution < -0.4 is 45.9 Å². The molecule has 6 aliphatic heterocycles. The molecule has 2 aromatic rings. The Hall–Kier alpha value is -5.00. The summed E-state index contributed by atoms with van der Waals surface area (Å²) in [6.45, 7) is 26.9. The lowest BCUT2D eigenvalue weighted by molar-refractivity contribution is -0.150. The number of ether oxygens (including phenoxy) is 6. The number of carboxylic acids is 1. The lowest BCUT2D eigenvalue weighted by Gasteiger charge is -2.40. The molecular weight excluding hydrogens is 1290 g/mol. The van der Waals surface area contributed by atoms with E-state index in [4.69, 9.17) is 39.3 Å². The molecule has 92 heavy (non-hydrogen) atoms. The van der Waals surface area contributed by atoms with Crippen molar-refractivity contribution in [2.24, 2.45) is 27.4 Å². The average molecular weight is 1400 g/mol. The van der Waals surface area contributed by atoms with Gasteiger partial charge in [0.2, 0.25) is 17.7 Å². The van der Waals surface area contributed by atoms with E-state index in [9.17, 15) is 28.8 Å². The van der Waals surface area contributed by atoms with Gasteiger partial charge in [-0.15, -0.1) is 24.8 Å². The zero-order valence-corrected chi connectivity index (χ0v) is 59.6. The summed E-state index contributed by atoms with van der Waals surface area (Å²) in [6, 6.07) is 17.5. The first-order valence-electron chi connectivity index (χ1n) is 33.1. The van der Waals surface area contributed by atoms with E-state index in [1.165, 1.54) is 25.7 Å². The van der Waals surface area contributed by atoms with Crippen LogP contribution in [0.2, 0.25) is 0 Å². The lowest BCUT2D eigenvalue weighted by atomic mass is 9.79. The second-order valence-electron chi connectivity index (χ2n) is 29.3. The van der Waals surface area contributed by atoms with E-state index in [1.54, 1.807) is 16.7 Å². The highest BCUT2D eigenvalue weighted by Gasteiger charge is 2.43. The van der Waals surface area contributed by atoms with E-state index < -0.39 is 22.6 Å². The van der Waals surface area contributed by atoms with Crippen molar-refractivity contribution in [1.82, 2.24) is 36.0 Å². The van der Waals surface area contributed by atoms with Crippen molar-refractivity contribution in [1.29, 1.82) is 0 Å². The number of benzene rings is 2. The van der Waals surface area contributed by atoms with Gasteiger partial charge in [-0.05, 0) is 202 Å². The van der Waals surface area contributed by atoms with Crippen LogP contribution in [0, 0.1) is 21.7 Å². The third-order valence-corrected chi connectivity index (χ3v) is 18.7. The summed E-state index contributed by atoms with van der Waals surface area (Å²) < 4.78 is 33.5. The van der Waals surface area contributed by atoms with Gasteiger partial charge in [0.1, 0.15) is 36.6 Å². The molecule has 6 heterocycles. The molecule has 0 radical (unpaired) electrons. The fourth-order valence-electron chi connectivity index (χ4n) is 10.6. The molecule has 24 heteroatoms. The Morgan fingerprint density at radius 2 is 0.870 bits per heavy atom. The van der Waals surface area contributed by atoms with Crippen molar-refractivity contribution in [2.75, 3.05) is 77.4 Å². The number of alkyl halides is 1. The van der Waals surface area contributed by atoms with Crippen LogP contribution in [0.4, 0.5) is 9.59 Å². The molecule has 2 unspecified atom stereocenters. The Balaban J connectivity index is 0.000000208. The number of carbonyl (C=O) groups is 6. The number of hydrogen-bond acceptors (Lipinski definition) is 15. The van der Waals surface area contributed by atoms with Crippen LogP contribution in [0.25, 0.3) is 0 Å². The number of likely N-dealkylation sites (tertiary alicyclic amines) is 3. The van der Waals surface area contributed by atoms with Crippen LogP contribution in [0.3, 0.4) is 0 Å². The molecule has 8 fully saturated rings. The number of nitrogens with one attached hydrogen (secondary N) is 4. The first-order chi connectivity index (χ1) is 42.5. The predicted octanol–water partition coefficient (Wildman–Crippen LogP) is 10.4. The van der Waals surface area contributed by atoms with E-state index in [1.807, 2.05) is 97.0 Å². The maximum Gasteiger partial charge on any atom is 0.410 e.